The average molecular weight is 533 g/mol. The SMILES string of the molecule is CCCCCCC(CCC)N(C(=O)C1CC[C@H]2[C@@H]3CN=C4CC(=O)CC[C@]4(C)[C@@H]3CC[C@]12C)c1ccccc1. The average Bonchev–Trinajstić information content (AvgIpc) is 3.29. The highest BCUT2D eigenvalue weighted by atomic mass is 16.2. The van der Waals surface area contributed by atoms with Crippen LogP contribution in [0.5, 0.6) is 0 Å². The Labute approximate surface area is 237 Å². The van der Waals surface area contributed by atoms with Gasteiger partial charge in [0.25, 0.3) is 0 Å². The van der Waals surface area contributed by atoms with E-state index in [2.05, 4.69) is 62.9 Å². The van der Waals surface area contributed by atoms with E-state index in [0.29, 0.717) is 42.3 Å². The molecule has 1 aliphatic heterocycles. The molecule has 0 radical (unpaired) electrons. The van der Waals surface area contributed by atoms with E-state index in [-0.39, 0.29) is 22.8 Å². The third kappa shape index (κ3) is 5.26. The Morgan fingerprint density at radius 2 is 1.77 bits per heavy atom. The Kier molecular flexibility index (Phi) is 8.69. The maximum Gasteiger partial charge on any atom is 0.230 e. The number of fused-ring (bicyclic) bond motifs is 5. The molecule has 4 heteroatoms. The first-order valence-corrected chi connectivity index (χ1v) is 16.3. The number of hydrogen-bond acceptors (Lipinski definition) is 3. The topological polar surface area (TPSA) is 49.7 Å². The Bertz CT molecular complexity index is 1050. The van der Waals surface area contributed by atoms with Crippen LogP contribution in [0.4, 0.5) is 5.69 Å². The number of Topliss-reactive ketones (excluding diaryl/α,β-unsaturated/α-hetero) is 1. The molecule has 0 aromatic heterocycles. The third-order valence-corrected chi connectivity index (χ3v) is 11.6. The molecule has 3 fully saturated rings. The monoisotopic (exact) mass is 532 g/mol. The van der Waals surface area contributed by atoms with Crippen LogP contribution < -0.4 is 4.90 Å². The summed E-state index contributed by atoms with van der Waals surface area (Å²) in [5, 5.41) is 0. The van der Waals surface area contributed by atoms with Crippen LogP contribution in [0, 0.1) is 34.5 Å². The number of unbranched alkanes of at least 4 members (excludes halogenated alkanes) is 3. The number of benzene rings is 1. The van der Waals surface area contributed by atoms with Gasteiger partial charge in [-0.2, -0.15) is 0 Å². The van der Waals surface area contributed by atoms with E-state index in [1.165, 1.54) is 37.8 Å². The Hall–Kier alpha value is -1.97. The highest BCUT2D eigenvalue weighted by Crippen LogP contribution is 2.64. The standard InChI is InChI=1S/C35H52N2O2/c1-5-7-8-10-14-25(13-6-2)37(26-15-11-9-12-16-26)33(39)31-18-17-29-28-24-36-32-23-27(38)19-21-35(32,4)30(28)20-22-34(29,31)3/h9,11-12,15-16,25,28-31H,5-8,10,13-14,17-24H2,1-4H3/t25?,28-,29-,30+,31?,34-,35+/m0/s1. The molecule has 0 N–H and O–H groups in total. The largest absolute Gasteiger partial charge is 0.309 e. The second-order valence-electron chi connectivity index (χ2n) is 13.8. The lowest BCUT2D eigenvalue weighted by Gasteiger charge is -2.56. The molecule has 39 heavy (non-hydrogen) atoms. The molecule has 3 saturated carbocycles. The molecule has 1 heterocycles. The summed E-state index contributed by atoms with van der Waals surface area (Å²) in [7, 11) is 0. The summed E-state index contributed by atoms with van der Waals surface area (Å²) < 4.78 is 0. The lowest BCUT2D eigenvalue weighted by atomic mass is 9.49. The zero-order valence-corrected chi connectivity index (χ0v) is 25.1. The van der Waals surface area contributed by atoms with Gasteiger partial charge in [0, 0.05) is 48.2 Å². The zero-order chi connectivity index (χ0) is 27.6. The number of ketones is 1. The lowest BCUT2D eigenvalue weighted by molar-refractivity contribution is -0.130. The molecular weight excluding hydrogens is 480 g/mol. The number of hydrogen-bond donors (Lipinski definition) is 0. The van der Waals surface area contributed by atoms with Gasteiger partial charge >= 0.3 is 0 Å². The van der Waals surface area contributed by atoms with Crippen LogP contribution in [-0.4, -0.2) is 30.0 Å². The summed E-state index contributed by atoms with van der Waals surface area (Å²) in [5.41, 5.74) is 2.40. The van der Waals surface area contributed by atoms with Crippen LogP contribution in [-0.2, 0) is 9.59 Å². The van der Waals surface area contributed by atoms with Crippen LogP contribution >= 0.6 is 0 Å². The number of carbonyl (C=O) groups excluding carboxylic acids is 2. The summed E-state index contributed by atoms with van der Waals surface area (Å²) in [5.74, 6) is 2.56. The normalized spacial score (nSPS) is 34.5. The fraction of sp³-hybridized carbons (Fsp3) is 0.743. The molecule has 0 bridgehead atoms. The maximum atomic E-state index is 14.8. The highest BCUT2D eigenvalue weighted by Gasteiger charge is 2.61. The van der Waals surface area contributed by atoms with Crippen molar-refractivity contribution in [1.82, 2.24) is 0 Å². The fourth-order valence-corrected chi connectivity index (χ4v) is 9.43. The van der Waals surface area contributed by atoms with Crippen LogP contribution in [0.3, 0.4) is 0 Å². The predicted molar refractivity (Wildman–Crippen MR) is 161 cm³/mol. The summed E-state index contributed by atoms with van der Waals surface area (Å²) in [6.45, 7) is 10.2. The van der Waals surface area contributed by atoms with E-state index in [9.17, 15) is 9.59 Å². The van der Waals surface area contributed by atoms with Crippen molar-refractivity contribution in [1.29, 1.82) is 0 Å². The Morgan fingerprint density at radius 1 is 0.974 bits per heavy atom. The van der Waals surface area contributed by atoms with E-state index >= 15 is 0 Å². The van der Waals surface area contributed by atoms with E-state index in [4.69, 9.17) is 4.99 Å². The first kappa shape index (κ1) is 28.6. The minimum absolute atomic E-state index is 0.0398. The van der Waals surface area contributed by atoms with Gasteiger partial charge < -0.3 is 4.90 Å². The second-order valence-corrected chi connectivity index (χ2v) is 13.8. The van der Waals surface area contributed by atoms with Gasteiger partial charge in [-0.25, -0.2) is 0 Å². The summed E-state index contributed by atoms with van der Waals surface area (Å²) >= 11 is 0. The number of nitrogens with zero attached hydrogens (tertiary/aromatic N) is 2. The molecule has 214 valence electrons. The van der Waals surface area contributed by atoms with Crippen LogP contribution in [0.2, 0.25) is 0 Å². The molecule has 0 spiro atoms. The van der Waals surface area contributed by atoms with Crippen LogP contribution in [0.25, 0.3) is 0 Å². The van der Waals surface area contributed by atoms with Gasteiger partial charge in [0.1, 0.15) is 5.78 Å². The van der Waals surface area contributed by atoms with Gasteiger partial charge in [-0.1, -0.05) is 78.0 Å². The zero-order valence-electron chi connectivity index (χ0n) is 25.1. The van der Waals surface area contributed by atoms with Crippen LogP contribution in [0.15, 0.2) is 35.3 Å². The van der Waals surface area contributed by atoms with Crippen LogP contribution in [0.1, 0.15) is 118 Å². The van der Waals surface area contributed by atoms with Crippen molar-refractivity contribution in [2.24, 2.45) is 39.5 Å². The predicted octanol–water partition coefficient (Wildman–Crippen LogP) is 8.43. The molecule has 2 unspecified atom stereocenters. The molecule has 1 aromatic rings. The fourth-order valence-electron chi connectivity index (χ4n) is 9.43. The molecule has 5 rings (SSSR count). The smallest absolute Gasteiger partial charge is 0.230 e. The summed E-state index contributed by atoms with van der Waals surface area (Å²) in [4.78, 5) is 34.3. The van der Waals surface area contributed by atoms with Gasteiger partial charge in [0.2, 0.25) is 5.91 Å². The molecular formula is C35H52N2O2. The van der Waals surface area contributed by atoms with Gasteiger partial charge in [0.15, 0.2) is 0 Å². The highest BCUT2D eigenvalue weighted by molar-refractivity contribution is 6.07. The van der Waals surface area contributed by atoms with Crippen molar-refractivity contribution in [3.05, 3.63) is 30.3 Å². The quantitative estimate of drug-likeness (QED) is 0.284. The lowest BCUT2D eigenvalue weighted by Crippen LogP contribution is -2.56. The van der Waals surface area contributed by atoms with E-state index < -0.39 is 0 Å². The van der Waals surface area contributed by atoms with Crippen molar-refractivity contribution < 1.29 is 9.59 Å². The third-order valence-electron chi connectivity index (χ3n) is 11.6. The van der Waals surface area contributed by atoms with Crippen molar-refractivity contribution in [3.63, 3.8) is 0 Å². The molecule has 4 nitrogen and oxygen atoms in total. The second kappa shape index (κ2) is 11.9. The first-order valence-electron chi connectivity index (χ1n) is 16.3. The molecule has 1 aromatic carbocycles. The summed E-state index contributed by atoms with van der Waals surface area (Å²) in [6, 6.07) is 10.8. The van der Waals surface area contributed by atoms with Crippen molar-refractivity contribution in [3.8, 4) is 0 Å². The van der Waals surface area contributed by atoms with E-state index in [0.717, 1.165) is 57.2 Å². The number of anilines is 1. The van der Waals surface area contributed by atoms with Gasteiger partial charge in [-0.3, -0.25) is 14.6 Å². The maximum absolute atomic E-state index is 14.8. The number of amides is 1. The Balaban J connectivity index is 1.40. The molecule has 1 amide bonds. The van der Waals surface area contributed by atoms with Gasteiger partial charge in [0.05, 0.1) is 0 Å². The number of rotatable bonds is 10. The van der Waals surface area contributed by atoms with Gasteiger partial charge in [-0.15, -0.1) is 0 Å². The van der Waals surface area contributed by atoms with E-state index in [1.54, 1.807) is 0 Å². The minimum atomic E-state index is 0.0398. The van der Waals surface area contributed by atoms with E-state index in [1.807, 2.05) is 0 Å². The number of para-hydroxylation sites is 1. The molecule has 7 atom stereocenters. The van der Waals surface area contributed by atoms with Crippen molar-refractivity contribution in [2.75, 3.05) is 11.4 Å². The van der Waals surface area contributed by atoms with Gasteiger partial charge in [-0.05, 0) is 80.2 Å². The summed E-state index contributed by atoms with van der Waals surface area (Å²) in [6.07, 6.45) is 15.0. The first-order chi connectivity index (χ1) is 18.8. The molecule has 4 aliphatic rings. The number of carbonyl (C=O) groups is 2. The number of aliphatic imine (C=N–C) groups is 1. The Morgan fingerprint density at radius 3 is 2.51 bits per heavy atom. The van der Waals surface area contributed by atoms with Crippen molar-refractivity contribution >= 4 is 23.1 Å². The van der Waals surface area contributed by atoms with Crippen molar-refractivity contribution in [2.45, 2.75) is 124 Å². The minimum Gasteiger partial charge on any atom is -0.309 e. The molecule has 3 aliphatic carbocycles. The molecule has 0 saturated heterocycles.